The van der Waals surface area contributed by atoms with Gasteiger partial charge in [-0.05, 0) is 45.2 Å². The summed E-state index contributed by atoms with van der Waals surface area (Å²) in [5.41, 5.74) is 0. The second-order valence-electron chi connectivity index (χ2n) is 5.32. The third-order valence-electron chi connectivity index (χ3n) is 3.36. The first-order valence-corrected chi connectivity index (χ1v) is 8.35. The molecule has 0 aliphatic carbocycles. The van der Waals surface area contributed by atoms with E-state index in [2.05, 4.69) is 17.0 Å². The molecule has 18 heavy (non-hydrogen) atoms. The lowest BCUT2D eigenvalue weighted by atomic mass is 9.88. The smallest absolute Gasteiger partial charge is 0.213 e. The molecule has 0 saturated carbocycles. The van der Waals surface area contributed by atoms with Gasteiger partial charge in [-0.3, -0.25) is 0 Å². The fraction of sp³-hybridized carbons (Fsp3) is 1.00. The van der Waals surface area contributed by atoms with Crippen LogP contribution in [0.3, 0.4) is 0 Å². The highest BCUT2D eigenvalue weighted by Crippen LogP contribution is 2.17. The summed E-state index contributed by atoms with van der Waals surface area (Å²) in [6, 6.07) is 0. The van der Waals surface area contributed by atoms with Gasteiger partial charge in [0.25, 0.3) is 0 Å². The van der Waals surface area contributed by atoms with E-state index in [4.69, 9.17) is 4.74 Å². The minimum atomic E-state index is -3.20. The fourth-order valence-corrected chi connectivity index (χ4v) is 2.96. The van der Waals surface area contributed by atoms with E-state index < -0.39 is 10.0 Å². The molecule has 0 aromatic heterocycles. The molecule has 0 aromatic rings. The summed E-state index contributed by atoms with van der Waals surface area (Å²) < 4.78 is 31.4. The Morgan fingerprint density at radius 3 is 2.78 bits per heavy atom. The summed E-state index contributed by atoms with van der Waals surface area (Å²) in [4.78, 5) is 0. The highest BCUT2D eigenvalue weighted by molar-refractivity contribution is 7.89. The molecule has 0 spiro atoms. The molecule has 108 valence electrons. The Kier molecular flexibility index (Phi) is 6.55. The molecule has 0 radical (unpaired) electrons. The van der Waals surface area contributed by atoms with Crippen LogP contribution in [-0.2, 0) is 14.8 Å². The lowest BCUT2D eigenvalue weighted by Crippen LogP contribution is -2.43. The van der Waals surface area contributed by atoms with Crippen LogP contribution in [0.1, 0.15) is 27.2 Å². The van der Waals surface area contributed by atoms with Crippen LogP contribution in [-0.4, -0.2) is 46.5 Å². The molecule has 1 saturated heterocycles. The Bertz CT molecular complexity index is 330. The molecule has 2 unspecified atom stereocenters. The summed E-state index contributed by atoms with van der Waals surface area (Å²) in [6.07, 6.45) is 1.19. The molecule has 5 nitrogen and oxygen atoms in total. The first-order chi connectivity index (χ1) is 8.41. The van der Waals surface area contributed by atoms with Crippen molar-refractivity contribution in [3.8, 4) is 0 Å². The summed E-state index contributed by atoms with van der Waals surface area (Å²) in [7, 11) is -3.20. The molecule has 0 amide bonds. The number of ether oxygens (including phenoxy) is 1. The van der Waals surface area contributed by atoms with Crippen molar-refractivity contribution in [2.24, 2.45) is 11.8 Å². The maximum atomic E-state index is 11.7. The van der Waals surface area contributed by atoms with Crippen molar-refractivity contribution in [3.05, 3.63) is 0 Å². The third kappa shape index (κ3) is 6.13. The third-order valence-corrected chi connectivity index (χ3v) is 4.67. The number of nitrogens with one attached hydrogen (secondary N) is 2. The lowest BCUT2D eigenvalue weighted by molar-refractivity contribution is 0.0911. The number of rotatable bonds is 7. The van der Waals surface area contributed by atoms with E-state index >= 15 is 0 Å². The van der Waals surface area contributed by atoms with E-state index in [1.807, 2.05) is 13.8 Å². The van der Waals surface area contributed by atoms with Gasteiger partial charge >= 0.3 is 0 Å². The normalized spacial score (nSPS) is 25.6. The maximum absolute atomic E-state index is 11.7. The second kappa shape index (κ2) is 7.43. The number of sulfonamides is 1. The van der Waals surface area contributed by atoms with Gasteiger partial charge in [0.15, 0.2) is 0 Å². The molecule has 1 fully saturated rings. The molecular weight excluding hydrogens is 252 g/mol. The van der Waals surface area contributed by atoms with Crippen molar-refractivity contribution < 1.29 is 13.2 Å². The van der Waals surface area contributed by atoms with Gasteiger partial charge in [-0.2, -0.15) is 0 Å². The standard InChI is InChI=1S/C12H26N2O3S/c1-10(2)17-6-7-18(15,16)14-9-12-8-13-5-4-11(12)3/h10-14H,4-9H2,1-3H3. The zero-order valence-corrected chi connectivity index (χ0v) is 12.4. The number of hydrogen-bond acceptors (Lipinski definition) is 4. The Balaban J connectivity index is 2.27. The maximum Gasteiger partial charge on any atom is 0.213 e. The first-order valence-electron chi connectivity index (χ1n) is 6.70. The van der Waals surface area contributed by atoms with E-state index in [1.54, 1.807) is 0 Å². The predicted octanol–water partition coefficient (Wildman–Crippen LogP) is 0.576. The van der Waals surface area contributed by atoms with Crippen LogP contribution < -0.4 is 10.0 Å². The van der Waals surface area contributed by atoms with Gasteiger partial charge in [-0.15, -0.1) is 0 Å². The Morgan fingerprint density at radius 2 is 2.17 bits per heavy atom. The average molecular weight is 278 g/mol. The molecule has 1 aliphatic heterocycles. The van der Waals surface area contributed by atoms with Gasteiger partial charge in [0, 0.05) is 6.54 Å². The highest BCUT2D eigenvalue weighted by Gasteiger charge is 2.22. The molecule has 1 heterocycles. The minimum Gasteiger partial charge on any atom is -0.378 e. The van der Waals surface area contributed by atoms with Crippen molar-refractivity contribution >= 4 is 10.0 Å². The van der Waals surface area contributed by atoms with Gasteiger partial charge in [0.05, 0.1) is 18.5 Å². The van der Waals surface area contributed by atoms with E-state index in [0.717, 1.165) is 19.5 Å². The van der Waals surface area contributed by atoms with Gasteiger partial charge in [0.2, 0.25) is 10.0 Å². The molecule has 1 aliphatic rings. The van der Waals surface area contributed by atoms with Crippen LogP contribution in [0.5, 0.6) is 0 Å². The zero-order chi connectivity index (χ0) is 13.6. The summed E-state index contributed by atoms with van der Waals surface area (Å²) in [5, 5.41) is 3.30. The van der Waals surface area contributed by atoms with Crippen LogP contribution in [0.25, 0.3) is 0 Å². The Hall–Kier alpha value is -0.170. The monoisotopic (exact) mass is 278 g/mol. The van der Waals surface area contributed by atoms with E-state index in [-0.39, 0.29) is 18.5 Å². The predicted molar refractivity (Wildman–Crippen MR) is 73.0 cm³/mol. The van der Waals surface area contributed by atoms with Crippen molar-refractivity contribution in [1.82, 2.24) is 10.0 Å². The molecule has 2 N–H and O–H groups in total. The Morgan fingerprint density at radius 1 is 1.44 bits per heavy atom. The zero-order valence-electron chi connectivity index (χ0n) is 11.6. The highest BCUT2D eigenvalue weighted by atomic mass is 32.2. The molecule has 2 atom stereocenters. The fourth-order valence-electron chi connectivity index (χ4n) is 2.03. The van der Waals surface area contributed by atoms with E-state index in [0.29, 0.717) is 18.4 Å². The van der Waals surface area contributed by atoms with E-state index in [1.165, 1.54) is 0 Å². The Labute approximate surface area is 111 Å². The molecule has 6 heteroatoms. The number of piperidine rings is 1. The lowest BCUT2D eigenvalue weighted by Gasteiger charge is -2.29. The molecule has 0 bridgehead atoms. The molecular formula is C12H26N2O3S. The van der Waals surface area contributed by atoms with Crippen LogP contribution in [0, 0.1) is 11.8 Å². The van der Waals surface area contributed by atoms with Gasteiger partial charge in [0.1, 0.15) is 0 Å². The first kappa shape index (κ1) is 15.9. The SMILES string of the molecule is CC(C)OCCS(=O)(=O)NCC1CNCCC1C. The number of hydrogen-bond donors (Lipinski definition) is 2. The largest absolute Gasteiger partial charge is 0.378 e. The van der Waals surface area contributed by atoms with Crippen molar-refractivity contribution in [2.45, 2.75) is 33.3 Å². The average Bonchev–Trinajstić information content (AvgIpc) is 2.27. The van der Waals surface area contributed by atoms with Gasteiger partial charge in [-0.25, -0.2) is 13.1 Å². The topological polar surface area (TPSA) is 67.4 Å². The minimum absolute atomic E-state index is 0.0414. The van der Waals surface area contributed by atoms with Crippen LogP contribution in [0.15, 0.2) is 0 Å². The van der Waals surface area contributed by atoms with Crippen LogP contribution in [0.4, 0.5) is 0 Å². The molecule has 1 rings (SSSR count). The van der Waals surface area contributed by atoms with Crippen molar-refractivity contribution in [1.29, 1.82) is 0 Å². The van der Waals surface area contributed by atoms with Crippen molar-refractivity contribution in [2.75, 3.05) is 32.0 Å². The van der Waals surface area contributed by atoms with Gasteiger partial charge < -0.3 is 10.1 Å². The van der Waals surface area contributed by atoms with Crippen LogP contribution >= 0.6 is 0 Å². The van der Waals surface area contributed by atoms with Gasteiger partial charge in [-0.1, -0.05) is 6.92 Å². The summed E-state index contributed by atoms with van der Waals surface area (Å²) in [6.45, 7) is 8.69. The summed E-state index contributed by atoms with van der Waals surface area (Å²) >= 11 is 0. The second-order valence-corrected chi connectivity index (χ2v) is 7.24. The van der Waals surface area contributed by atoms with Crippen LogP contribution in [0.2, 0.25) is 0 Å². The van der Waals surface area contributed by atoms with E-state index in [9.17, 15) is 8.42 Å². The molecule has 0 aromatic carbocycles. The quantitative estimate of drug-likeness (QED) is 0.715. The van der Waals surface area contributed by atoms with Crippen molar-refractivity contribution in [3.63, 3.8) is 0 Å². The summed E-state index contributed by atoms with van der Waals surface area (Å²) in [5.74, 6) is 1.00.